The molecule has 2 atom stereocenters. The summed E-state index contributed by atoms with van der Waals surface area (Å²) in [6, 6.07) is 0. The standard InChI is InChI=1S/C18H36O6S/c1-2-3-4-5-6-10-13-17(25(22,23)24)15-16(19)12-9-7-8-11-14-18(20)21/h16-17,19H,2-15H2,1H3,(H,20,21)(H,22,23,24). The number of rotatable bonds is 17. The molecule has 2 unspecified atom stereocenters. The van der Waals surface area contributed by atoms with Crippen LogP contribution in [0, 0.1) is 0 Å². The average molecular weight is 381 g/mol. The van der Waals surface area contributed by atoms with Crippen LogP contribution in [0.5, 0.6) is 0 Å². The summed E-state index contributed by atoms with van der Waals surface area (Å²) in [5, 5.41) is 17.7. The molecule has 0 fully saturated rings. The van der Waals surface area contributed by atoms with Gasteiger partial charge in [0.25, 0.3) is 10.1 Å². The Morgan fingerprint density at radius 2 is 1.40 bits per heavy atom. The summed E-state index contributed by atoms with van der Waals surface area (Å²) >= 11 is 0. The van der Waals surface area contributed by atoms with Gasteiger partial charge in [-0.05, 0) is 25.7 Å². The summed E-state index contributed by atoms with van der Waals surface area (Å²) in [6.45, 7) is 2.14. The highest BCUT2D eigenvalue weighted by molar-refractivity contribution is 7.86. The number of aliphatic carboxylic acids is 1. The van der Waals surface area contributed by atoms with Crippen molar-refractivity contribution in [3.05, 3.63) is 0 Å². The van der Waals surface area contributed by atoms with Gasteiger partial charge in [0.1, 0.15) is 0 Å². The van der Waals surface area contributed by atoms with E-state index < -0.39 is 27.4 Å². The maximum Gasteiger partial charge on any atom is 0.303 e. The Morgan fingerprint density at radius 3 is 1.96 bits per heavy atom. The number of aliphatic hydroxyl groups is 1. The van der Waals surface area contributed by atoms with Crippen LogP contribution in [0.2, 0.25) is 0 Å². The third-order valence-electron chi connectivity index (χ3n) is 4.51. The molecule has 0 aromatic rings. The van der Waals surface area contributed by atoms with Crippen LogP contribution in [-0.2, 0) is 14.9 Å². The molecule has 3 N–H and O–H groups in total. The highest BCUT2D eigenvalue weighted by atomic mass is 32.2. The summed E-state index contributed by atoms with van der Waals surface area (Å²) in [4.78, 5) is 10.4. The molecule has 0 saturated carbocycles. The van der Waals surface area contributed by atoms with Gasteiger partial charge in [-0.25, -0.2) is 0 Å². The molecule has 0 aromatic carbocycles. The van der Waals surface area contributed by atoms with Gasteiger partial charge in [-0.15, -0.1) is 0 Å². The van der Waals surface area contributed by atoms with Crippen LogP contribution in [-0.4, -0.2) is 40.5 Å². The van der Waals surface area contributed by atoms with E-state index >= 15 is 0 Å². The number of carboxylic acids is 1. The largest absolute Gasteiger partial charge is 0.481 e. The predicted octanol–water partition coefficient (Wildman–Crippen LogP) is 4.17. The van der Waals surface area contributed by atoms with Crippen molar-refractivity contribution in [1.29, 1.82) is 0 Å². The molecule has 0 aliphatic carbocycles. The first-order valence-corrected chi connectivity index (χ1v) is 11.1. The van der Waals surface area contributed by atoms with Crippen LogP contribution in [0.15, 0.2) is 0 Å². The van der Waals surface area contributed by atoms with E-state index in [1.165, 1.54) is 6.42 Å². The number of hydrogen-bond acceptors (Lipinski definition) is 4. The Hall–Kier alpha value is -0.660. The molecule has 0 heterocycles. The van der Waals surface area contributed by atoms with Crippen LogP contribution < -0.4 is 0 Å². The summed E-state index contributed by atoms with van der Waals surface area (Å²) in [7, 11) is -4.13. The minimum atomic E-state index is -4.13. The lowest BCUT2D eigenvalue weighted by atomic mass is 10.0. The maximum atomic E-state index is 11.5. The van der Waals surface area contributed by atoms with Gasteiger partial charge in [0.2, 0.25) is 0 Å². The normalized spacial score (nSPS) is 14.4. The first-order chi connectivity index (χ1) is 11.8. The minimum absolute atomic E-state index is 0.0723. The summed E-state index contributed by atoms with van der Waals surface area (Å²) in [5.41, 5.74) is 0. The predicted molar refractivity (Wildman–Crippen MR) is 99.3 cm³/mol. The van der Waals surface area contributed by atoms with Crippen LogP contribution in [0.4, 0.5) is 0 Å². The van der Waals surface area contributed by atoms with Gasteiger partial charge in [0, 0.05) is 6.42 Å². The lowest BCUT2D eigenvalue weighted by Gasteiger charge is -2.18. The van der Waals surface area contributed by atoms with Gasteiger partial charge < -0.3 is 10.2 Å². The Morgan fingerprint density at radius 1 is 0.880 bits per heavy atom. The van der Waals surface area contributed by atoms with E-state index in [-0.39, 0.29) is 12.8 Å². The molecule has 0 aromatic heterocycles. The molecule has 0 saturated heterocycles. The van der Waals surface area contributed by atoms with Gasteiger partial charge in [0.05, 0.1) is 11.4 Å². The third-order valence-corrected chi connectivity index (χ3v) is 5.78. The van der Waals surface area contributed by atoms with E-state index in [4.69, 9.17) is 5.11 Å². The third kappa shape index (κ3) is 15.3. The van der Waals surface area contributed by atoms with Crippen molar-refractivity contribution >= 4 is 16.1 Å². The number of carboxylic acid groups (broad SMARTS) is 1. The van der Waals surface area contributed by atoms with Crippen molar-refractivity contribution < 1.29 is 28.0 Å². The monoisotopic (exact) mass is 380 g/mol. The summed E-state index contributed by atoms with van der Waals surface area (Å²) < 4.78 is 32.4. The lowest BCUT2D eigenvalue weighted by molar-refractivity contribution is -0.137. The van der Waals surface area contributed by atoms with E-state index in [1.54, 1.807) is 0 Å². The SMILES string of the molecule is CCCCCCCCC(CC(O)CCCCCCC(=O)O)S(=O)(=O)O. The molecule has 6 nitrogen and oxygen atoms in total. The zero-order valence-corrected chi connectivity index (χ0v) is 16.3. The molecule has 0 radical (unpaired) electrons. The molecule has 0 amide bonds. The first kappa shape index (κ1) is 24.3. The second-order valence-corrected chi connectivity index (χ2v) is 8.63. The van der Waals surface area contributed by atoms with Gasteiger partial charge in [-0.3, -0.25) is 9.35 Å². The van der Waals surface area contributed by atoms with E-state index in [2.05, 4.69) is 6.92 Å². The number of aliphatic hydroxyl groups excluding tert-OH is 1. The Labute approximate surface area is 152 Å². The summed E-state index contributed by atoms with van der Waals surface area (Å²) in [5.74, 6) is -0.800. The highest BCUT2D eigenvalue weighted by Crippen LogP contribution is 2.19. The molecule has 0 aliphatic heterocycles. The van der Waals surface area contributed by atoms with Gasteiger partial charge >= 0.3 is 5.97 Å². The Kier molecular flexibility index (Phi) is 14.1. The number of hydrogen-bond donors (Lipinski definition) is 3. The Balaban J connectivity index is 3.98. The molecule has 150 valence electrons. The van der Waals surface area contributed by atoms with Crippen molar-refractivity contribution in [2.24, 2.45) is 0 Å². The molecular weight excluding hydrogens is 344 g/mol. The zero-order chi connectivity index (χ0) is 19.1. The molecule has 0 bridgehead atoms. The second-order valence-electron chi connectivity index (χ2n) is 6.93. The topological polar surface area (TPSA) is 112 Å². The lowest BCUT2D eigenvalue weighted by Crippen LogP contribution is -2.26. The van der Waals surface area contributed by atoms with Crippen LogP contribution in [0.3, 0.4) is 0 Å². The molecule has 0 spiro atoms. The molecular formula is C18H36O6S. The van der Waals surface area contributed by atoms with E-state index in [1.807, 2.05) is 0 Å². The molecule has 7 heteroatoms. The van der Waals surface area contributed by atoms with Crippen molar-refractivity contribution in [2.75, 3.05) is 0 Å². The van der Waals surface area contributed by atoms with Crippen LogP contribution in [0.25, 0.3) is 0 Å². The van der Waals surface area contributed by atoms with Gasteiger partial charge in [-0.2, -0.15) is 8.42 Å². The zero-order valence-electron chi connectivity index (χ0n) is 15.5. The maximum absolute atomic E-state index is 11.5. The minimum Gasteiger partial charge on any atom is -0.481 e. The first-order valence-electron chi connectivity index (χ1n) is 9.63. The van der Waals surface area contributed by atoms with E-state index in [0.717, 1.165) is 51.4 Å². The Bertz CT molecular complexity index is 435. The fourth-order valence-electron chi connectivity index (χ4n) is 2.97. The van der Waals surface area contributed by atoms with Crippen molar-refractivity contribution in [3.63, 3.8) is 0 Å². The number of unbranched alkanes of at least 4 members (excludes halogenated alkanes) is 8. The quantitative estimate of drug-likeness (QED) is 0.258. The van der Waals surface area contributed by atoms with E-state index in [9.17, 15) is 22.9 Å². The van der Waals surface area contributed by atoms with E-state index in [0.29, 0.717) is 19.3 Å². The molecule has 0 rings (SSSR count). The van der Waals surface area contributed by atoms with Crippen molar-refractivity contribution in [1.82, 2.24) is 0 Å². The van der Waals surface area contributed by atoms with Crippen LogP contribution in [0.1, 0.15) is 96.8 Å². The van der Waals surface area contributed by atoms with Gasteiger partial charge in [-0.1, -0.05) is 64.7 Å². The van der Waals surface area contributed by atoms with Crippen molar-refractivity contribution in [3.8, 4) is 0 Å². The molecule has 25 heavy (non-hydrogen) atoms. The highest BCUT2D eigenvalue weighted by Gasteiger charge is 2.25. The summed E-state index contributed by atoms with van der Waals surface area (Å²) in [6.07, 6.45) is 9.59. The number of carbonyl (C=O) groups is 1. The van der Waals surface area contributed by atoms with Gasteiger partial charge in [0.15, 0.2) is 0 Å². The second kappa shape index (κ2) is 14.5. The van der Waals surface area contributed by atoms with Crippen LogP contribution >= 0.6 is 0 Å². The smallest absolute Gasteiger partial charge is 0.303 e. The fraction of sp³-hybridized carbons (Fsp3) is 0.944. The van der Waals surface area contributed by atoms with Crippen molar-refractivity contribution in [2.45, 2.75) is 108 Å². The fourth-order valence-corrected chi connectivity index (χ4v) is 3.90. The molecule has 0 aliphatic rings. The average Bonchev–Trinajstić information content (AvgIpc) is 2.51.